The van der Waals surface area contributed by atoms with Gasteiger partial charge in [0.25, 0.3) is 5.91 Å². The molecule has 1 N–H and O–H groups in total. The van der Waals surface area contributed by atoms with Crippen molar-refractivity contribution < 1.29 is 9.59 Å². The van der Waals surface area contributed by atoms with Crippen LogP contribution in [0.3, 0.4) is 0 Å². The van der Waals surface area contributed by atoms with Crippen LogP contribution in [0.4, 0.5) is 5.69 Å². The van der Waals surface area contributed by atoms with E-state index in [4.69, 9.17) is 0 Å². The van der Waals surface area contributed by atoms with E-state index < -0.39 is 0 Å². The predicted molar refractivity (Wildman–Crippen MR) is 82.0 cm³/mol. The lowest BCUT2D eigenvalue weighted by molar-refractivity contribution is -0.117. The fourth-order valence-corrected chi connectivity index (χ4v) is 3.62. The lowest BCUT2D eigenvalue weighted by Gasteiger charge is -2.21. The van der Waals surface area contributed by atoms with Crippen molar-refractivity contribution >= 4 is 44.8 Å². The number of benzene rings is 1. The Labute approximate surface area is 128 Å². The van der Waals surface area contributed by atoms with Gasteiger partial charge in [-0.2, -0.15) is 0 Å². The molecule has 0 radical (unpaired) electrons. The summed E-state index contributed by atoms with van der Waals surface area (Å²) in [6.07, 6.45) is 0. The molecule has 0 saturated heterocycles. The van der Waals surface area contributed by atoms with Crippen molar-refractivity contribution in [3.8, 4) is 0 Å². The van der Waals surface area contributed by atoms with E-state index in [1.807, 2.05) is 18.2 Å². The first-order valence-electron chi connectivity index (χ1n) is 6.07. The summed E-state index contributed by atoms with van der Waals surface area (Å²) in [6.45, 7) is 0.501. The number of para-hydroxylation sites is 1. The molecule has 0 fully saturated rings. The summed E-state index contributed by atoms with van der Waals surface area (Å²) in [5, 5.41) is 2.64. The summed E-state index contributed by atoms with van der Waals surface area (Å²) >= 11 is 5.00. The van der Waals surface area contributed by atoms with E-state index in [1.54, 1.807) is 34.4 Å². The smallest absolute Gasteiger partial charge is 0.253 e. The van der Waals surface area contributed by atoms with Crippen molar-refractivity contribution in [1.82, 2.24) is 5.32 Å². The molecule has 0 atom stereocenters. The molecule has 2 amide bonds. The maximum atomic E-state index is 12.2. The first-order chi connectivity index (χ1) is 9.65. The molecule has 3 rings (SSSR count). The van der Waals surface area contributed by atoms with Crippen LogP contribution in [-0.4, -0.2) is 18.4 Å². The molecular formula is C14H11BrN2O2S. The van der Waals surface area contributed by atoms with Crippen LogP contribution in [-0.2, 0) is 11.3 Å². The topological polar surface area (TPSA) is 49.4 Å². The lowest BCUT2D eigenvalue weighted by atomic mass is 10.1. The Morgan fingerprint density at radius 2 is 2.00 bits per heavy atom. The Kier molecular flexibility index (Phi) is 3.58. The molecule has 0 unspecified atom stereocenters. The van der Waals surface area contributed by atoms with E-state index in [2.05, 4.69) is 21.2 Å². The van der Waals surface area contributed by atoms with Gasteiger partial charge >= 0.3 is 0 Å². The minimum Gasteiger partial charge on any atom is -0.343 e. The molecule has 20 heavy (non-hydrogen) atoms. The number of carbonyl (C=O) groups is 2. The van der Waals surface area contributed by atoms with Crippen LogP contribution in [0.25, 0.3) is 0 Å². The third-order valence-electron chi connectivity index (χ3n) is 3.08. The fourth-order valence-electron chi connectivity index (χ4n) is 2.15. The van der Waals surface area contributed by atoms with Gasteiger partial charge in [-0.1, -0.05) is 12.1 Å². The number of amides is 2. The van der Waals surface area contributed by atoms with Gasteiger partial charge in [-0.05, 0) is 40.2 Å². The molecule has 0 aliphatic carbocycles. The van der Waals surface area contributed by atoms with Gasteiger partial charge in [0, 0.05) is 4.88 Å². The quantitative estimate of drug-likeness (QED) is 0.905. The Morgan fingerprint density at radius 1 is 1.20 bits per heavy atom. The molecule has 1 aromatic carbocycles. The van der Waals surface area contributed by atoms with Crippen LogP contribution < -0.4 is 10.2 Å². The monoisotopic (exact) mass is 350 g/mol. The highest BCUT2D eigenvalue weighted by atomic mass is 79.9. The molecule has 6 heteroatoms. The summed E-state index contributed by atoms with van der Waals surface area (Å²) in [7, 11) is 0. The van der Waals surface area contributed by atoms with Crippen LogP contribution in [0.15, 0.2) is 40.2 Å². The summed E-state index contributed by atoms with van der Waals surface area (Å²) in [5.74, 6) is -0.309. The molecular weight excluding hydrogens is 340 g/mol. The van der Waals surface area contributed by atoms with Gasteiger partial charge in [-0.15, -0.1) is 11.3 Å². The average Bonchev–Trinajstić information content (AvgIpc) is 2.82. The zero-order valence-electron chi connectivity index (χ0n) is 10.4. The molecule has 1 aliphatic rings. The lowest BCUT2D eigenvalue weighted by Crippen LogP contribution is -2.35. The van der Waals surface area contributed by atoms with Crippen molar-refractivity contribution in [2.75, 3.05) is 11.4 Å². The molecule has 1 aliphatic heterocycles. The Morgan fingerprint density at radius 3 is 2.75 bits per heavy atom. The highest BCUT2D eigenvalue weighted by molar-refractivity contribution is 9.11. The highest BCUT2D eigenvalue weighted by Crippen LogP contribution is 2.28. The predicted octanol–water partition coefficient (Wildman–Crippen LogP) is 2.79. The van der Waals surface area contributed by atoms with E-state index >= 15 is 0 Å². The number of fused-ring (bicyclic) bond motifs is 1. The molecule has 4 nitrogen and oxygen atoms in total. The summed E-state index contributed by atoms with van der Waals surface area (Å²) < 4.78 is 1.03. The first-order valence-corrected chi connectivity index (χ1v) is 7.68. The van der Waals surface area contributed by atoms with Crippen molar-refractivity contribution in [3.63, 3.8) is 0 Å². The number of thiophene rings is 1. The fraction of sp³-hybridized carbons (Fsp3) is 0.143. The van der Waals surface area contributed by atoms with Crippen LogP contribution in [0.5, 0.6) is 0 Å². The Hall–Kier alpha value is -1.66. The Balaban J connectivity index is 2.01. The third-order valence-corrected chi connectivity index (χ3v) is 4.69. The van der Waals surface area contributed by atoms with Crippen molar-refractivity contribution in [2.24, 2.45) is 0 Å². The van der Waals surface area contributed by atoms with E-state index in [9.17, 15) is 9.59 Å². The number of carbonyl (C=O) groups excluding carboxylic acids is 2. The van der Waals surface area contributed by atoms with E-state index in [0.29, 0.717) is 17.8 Å². The van der Waals surface area contributed by atoms with Gasteiger partial charge in [0.2, 0.25) is 5.91 Å². The maximum absolute atomic E-state index is 12.2. The average molecular weight is 351 g/mol. The van der Waals surface area contributed by atoms with Gasteiger partial charge < -0.3 is 10.2 Å². The second kappa shape index (κ2) is 5.38. The Bertz CT molecular complexity index is 683. The van der Waals surface area contributed by atoms with Crippen molar-refractivity contribution in [1.29, 1.82) is 0 Å². The maximum Gasteiger partial charge on any atom is 0.253 e. The standard InChI is InChI=1S/C14H11BrN2O2S/c15-12-6-5-9(20-12)8-17-11-4-2-1-3-10(11)14(19)16-7-13(17)18/h1-6H,7-8H2,(H,16,19). The minimum atomic E-state index is -0.205. The van der Waals surface area contributed by atoms with Gasteiger partial charge in [-0.3, -0.25) is 9.59 Å². The molecule has 0 spiro atoms. The third kappa shape index (κ3) is 2.48. The number of halogens is 1. The highest BCUT2D eigenvalue weighted by Gasteiger charge is 2.26. The number of hydrogen-bond acceptors (Lipinski definition) is 3. The molecule has 0 bridgehead atoms. The summed E-state index contributed by atoms with van der Waals surface area (Å²) in [6, 6.07) is 11.1. The normalized spacial score (nSPS) is 14.8. The molecule has 2 aromatic rings. The SMILES string of the molecule is O=C1NCC(=O)N(Cc2ccc(Br)s2)c2ccccc21. The zero-order chi connectivity index (χ0) is 14.1. The molecule has 102 valence electrons. The minimum absolute atomic E-state index is 0.0278. The number of anilines is 1. The van der Waals surface area contributed by atoms with Crippen molar-refractivity contribution in [2.45, 2.75) is 6.54 Å². The van der Waals surface area contributed by atoms with Crippen LogP contribution in [0.1, 0.15) is 15.2 Å². The first kappa shape index (κ1) is 13.3. The number of rotatable bonds is 2. The van der Waals surface area contributed by atoms with E-state index in [0.717, 1.165) is 8.66 Å². The van der Waals surface area contributed by atoms with Crippen molar-refractivity contribution in [3.05, 3.63) is 50.6 Å². The summed E-state index contributed by atoms with van der Waals surface area (Å²) in [4.78, 5) is 26.9. The van der Waals surface area contributed by atoms with Gasteiger partial charge in [-0.25, -0.2) is 0 Å². The van der Waals surface area contributed by atoms with Crippen LogP contribution >= 0.6 is 27.3 Å². The van der Waals surface area contributed by atoms with Gasteiger partial charge in [0.1, 0.15) is 0 Å². The zero-order valence-corrected chi connectivity index (χ0v) is 12.8. The van der Waals surface area contributed by atoms with Crippen LogP contribution in [0.2, 0.25) is 0 Å². The van der Waals surface area contributed by atoms with Gasteiger partial charge in [0.15, 0.2) is 0 Å². The molecule has 1 aromatic heterocycles. The number of hydrogen-bond donors (Lipinski definition) is 1. The van der Waals surface area contributed by atoms with Crippen LogP contribution in [0, 0.1) is 0 Å². The summed E-state index contributed by atoms with van der Waals surface area (Å²) in [5.41, 5.74) is 1.20. The second-order valence-electron chi connectivity index (χ2n) is 4.39. The van der Waals surface area contributed by atoms with E-state index in [-0.39, 0.29) is 18.4 Å². The molecule has 2 heterocycles. The number of nitrogens with zero attached hydrogens (tertiary/aromatic N) is 1. The van der Waals surface area contributed by atoms with E-state index in [1.165, 1.54) is 0 Å². The second-order valence-corrected chi connectivity index (χ2v) is 6.93. The molecule has 0 saturated carbocycles. The number of nitrogens with one attached hydrogen (secondary N) is 1. The largest absolute Gasteiger partial charge is 0.343 e. The van der Waals surface area contributed by atoms with Gasteiger partial charge in [0.05, 0.1) is 28.1 Å².